The lowest BCUT2D eigenvalue weighted by Crippen LogP contribution is -2.23. The number of rotatable bonds is 2. The summed E-state index contributed by atoms with van der Waals surface area (Å²) in [6.07, 6.45) is 2.22. The Bertz CT molecular complexity index is 882. The molecular formula is C17H13ClN2O. The van der Waals surface area contributed by atoms with Gasteiger partial charge < -0.3 is 0 Å². The van der Waals surface area contributed by atoms with Crippen LogP contribution < -0.4 is 5.69 Å². The Morgan fingerprint density at radius 3 is 2.57 bits per heavy atom. The highest BCUT2D eigenvalue weighted by molar-refractivity contribution is 6.31. The smallest absolute Gasteiger partial charge is 0.260 e. The molecule has 0 N–H and O–H groups in total. The summed E-state index contributed by atoms with van der Waals surface area (Å²) in [4.78, 5) is 16.8. The van der Waals surface area contributed by atoms with E-state index in [1.54, 1.807) is 4.57 Å². The van der Waals surface area contributed by atoms with Gasteiger partial charge in [0.2, 0.25) is 0 Å². The number of fused-ring (bicyclic) bond motifs is 1. The predicted molar refractivity (Wildman–Crippen MR) is 84.3 cm³/mol. The molecule has 1 saturated carbocycles. The molecule has 0 atom stereocenters. The van der Waals surface area contributed by atoms with Gasteiger partial charge in [-0.2, -0.15) is 4.98 Å². The van der Waals surface area contributed by atoms with Gasteiger partial charge in [-0.05, 0) is 43.2 Å². The fourth-order valence-corrected chi connectivity index (χ4v) is 2.88. The molecule has 1 aromatic heterocycles. The van der Waals surface area contributed by atoms with E-state index in [2.05, 4.69) is 4.98 Å². The maximum absolute atomic E-state index is 12.5. The summed E-state index contributed by atoms with van der Waals surface area (Å²) < 4.78 is 1.63. The van der Waals surface area contributed by atoms with Crippen molar-refractivity contribution in [2.45, 2.75) is 18.8 Å². The Morgan fingerprint density at radius 2 is 1.86 bits per heavy atom. The highest BCUT2D eigenvalue weighted by atomic mass is 35.5. The second-order valence-electron chi connectivity index (χ2n) is 5.39. The Hall–Kier alpha value is -2.13. The molecule has 0 bridgehead atoms. The molecule has 2 aromatic carbocycles. The number of nitrogens with zero attached hydrogens (tertiary/aromatic N) is 2. The van der Waals surface area contributed by atoms with Crippen LogP contribution >= 0.6 is 11.6 Å². The van der Waals surface area contributed by atoms with Gasteiger partial charge in [0.1, 0.15) is 0 Å². The van der Waals surface area contributed by atoms with Gasteiger partial charge >= 0.3 is 5.69 Å². The lowest BCUT2D eigenvalue weighted by molar-refractivity contribution is 0.905. The van der Waals surface area contributed by atoms with Crippen molar-refractivity contribution in [3.05, 3.63) is 69.7 Å². The monoisotopic (exact) mass is 296 g/mol. The summed E-state index contributed by atoms with van der Waals surface area (Å²) in [5.41, 5.74) is 2.32. The fraction of sp³-hybridized carbons (Fsp3) is 0.176. The first kappa shape index (κ1) is 12.6. The molecule has 4 heteroatoms. The molecule has 0 unspecified atom stereocenters. The SMILES string of the molecule is O=c1nc(C2CC2)c2ccc(Cl)cc2n1-c1ccccc1. The molecule has 1 heterocycles. The predicted octanol–water partition coefficient (Wildman–Crippen LogP) is 3.92. The van der Waals surface area contributed by atoms with E-state index in [-0.39, 0.29) is 5.69 Å². The van der Waals surface area contributed by atoms with E-state index in [4.69, 9.17) is 11.6 Å². The molecule has 0 aliphatic heterocycles. The van der Waals surface area contributed by atoms with E-state index in [1.807, 2.05) is 48.5 Å². The van der Waals surface area contributed by atoms with Crippen LogP contribution in [0.1, 0.15) is 24.5 Å². The van der Waals surface area contributed by atoms with E-state index >= 15 is 0 Å². The maximum atomic E-state index is 12.5. The zero-order chi connectivity index (χ0) is 14.4. The van der Waals surface area contributed by atoms with Crippen molar-refractivity contribution in [1.29, 1.82) is 0 Å². The molecule has 1 aliphatic rings. The van der Waals surface area contributed by atoms with Crippen LogP contribution in [0.4, 0.5) is 0 Å². The lowest BCUT2D eigenvalue weighted by Gasteiger charge is -2.12. The maximum Gasteiger partial charge on any atom is 0.352 e. The normalized spacial score (nSPS) is 14.5. The molecule has 0 spiro atoms. The minimum Gasteiger partial charge on any atom is -0.260 e. The first-order chi connectivity index (χ1) is 10.2. The number of halogens is 1. The molecule has 0 amide bonds. The van der Waals surface area contributed by atoms with Crippen LogP contribution in [0, 0.1) is 0 Å². The zero-order valence-electron chi connectivity index (χ0n) is 11.3. The molecule has 3 nitrogen and oxygen atoms in total. The van der Waals surface area contributed by atoms with Gasteiger partial charge in [0.05, 0.1) is 16.9 Å². The van der Waals surface area contributed by atoms with Gasteiger partial charge in [-0.15, -0.1) is 0 Å². The largest absolute Gasteiger partial charge is 0.352 e. The fourth-order valence-electron chi connectivity index (χ4n) is 2.72. The zero-order valence-corrected chi connectivity index (χ0v) is 12.0. The van der Waals surface area contributed by atoms with E-state index in [0.29, 0.717) is 10.9 Å². The summed E-state index contributed by atoms with van der Waals surface area (Å²) in [6.45, 7) is 0. The van der Waals surface area contributed by atoms with Gasteiger partial charge in [0.15, 0.2) is 0 Å². The number of benzene rings is 2. The van der Waals surface area contributed by atoms with Crippen LogP contribution in [0.3, 0.4) is 0 Å². The third-order valence-electron chi connectivity index (χ3n) is 3.86. The Labute approximate surface area is 126 Å². The van der Waals surface area contributed by atoms with Gasteiger partial charge in [0.25, 0.3) is 0 Å². The second kappa shape index (κ2) is 4.71. The van der Waals surface area contributed by atoms with E-state index in [1.165, 1.54) is 0 Å². The molecular weight excluding hydrogens is 284 g/mol. The number of aromatic nitrogens is 2. The number of hydrogen-bond acceptors (Lipinski definition) is 2. The van der Waals surface area contributed by atoms with Crippen molar-refractivity contribution < 1.29 is 0 Å². The average Bonchev–Trinajstić information content (AvgIpc) is 3.31. The molecule has 1 fully saturated rings. The summed E-state index contributed by atoms with van der Waals surface area (Å²) in [7, 11) is 0. The average molecular weight is 297 g/mol. The van der Waals surface area contributed by atoms with E-state index in [9.17, 15) is 4.79 Å². The third-order valence-corrected chi connectivity index (χ3v) is 4.10. The van der Waals surface area contributed by atoms with Crippen LogP contribution in [0.2, 0.25) is 5.02 Å². The number of hydrogen-bond donors (Lipinski definition) is 0. The van der Waals surface area contributed by atoms with E-state index < -0.39 is 0 Å². The molecule has 21 heavy (non-hydrogen) atoms. The Kier molecular flexibility index (Phi) is 2.82. The molecule has 1 aliphatic carbocycles. The van der Waals surface area contributed by atoms with E-state index in [0.717, 1.165) is 35.1 Å². The minimum absolute atomic E-state index is 0.238. The van der Waals surface area contributed by atoms with Gasteiger partial charge in [-0.1, -0.05) is 29.8 Å². The first-order valence-corrected chi connectivity index (χ1v) is 7.39. The Balaban J connectivity index is 2.11. The van der Waals surface area contributed by atoms with Crippen LogP contribution in [-0.2, 0) is 0 Å². The van der Waals surface area contributed by atoms with Crippen molar-refractivity contribution in [3.63, 3.8) is 0 Å². The molecule has 104 valence electrons. The lowest BCUT2D eigenvalue weighted by atomic mass is 10.1. The highest BCUT2D eigenvalue weighted by Gasteiger charge is 2.28. The van der Waals surface area contributed by atoms with Crippen molar-refractivity contribution in [2.24, 2.45) is 0 Å². The van der Waals surface area contributed by atoms with Crippen molar-refractivity contribution in [3.8, 4) is 5.69 Å². The van der Waals surface area contributed by atoms with Crippen LogP contribution in [0.5, 0.6) is 0 Å². The first-order valence-electron chi connectivity index (χ1n) is 7.02. The summed E-state index contributed by atoms with van der Waals surface area (Å²) in [6, 6.07) is 15.2. The van der Waals surface area contributed by atoms with Crippen LogP contribution in [-0.4, -0.2) is 9.55 Å². The molecule has 0 radical (unpaired) electrons. The van der Waals surface area contributed by atoms with Crippen LogP contribution in [0.25, 0.3) is 16.6 Å². The number of para-hydroxylation sites is 1. The topological polar surface area (TPSA) is 34.9 Å². The third kappa shape index (κ3) is 2.14. The van der Waals surface area contributed by atoms with Gasteiger partial charge in [-0.25, -0.2) is 4.79 Å². The van der Waals surface area contributed by atoms with Gasteiger partial charge in [0, 0.05) is 16.3 Å². The van der Waals surface area contributed by atoms with Gasteiger partial charge in [-0.3, -0.25) is 4.57 Å². The second-order valence-corrected chi connectivity index (χ2v) is 5.82. The highest BCUT2D eigenvalue weighted by Crippen LogP contribution is 2.41. The molecule has 3 aromatic rings. The molecule has 4 rings (SSSR count). The van der Waals surface area contributed by atoms with Crippen molar-refractivity contribution in [2.75, 3.05) is 0 Å². The minimum atomic E-state index is -0.238. The van der Waals surface area contributed by atoms with Crippen LogP contribution in [0.15, 0.2) is 53.3 Å². The molecule has 0 saturated heterocycles. The Morgan fingerprint density at radius 1 is 1.10 bits per heavy atom. The summed E-state index contributed by atoms with van der Waals surface area (Å²) >= 11 is 6.14. The standard InChI is InChI=1S/C17H13ClN2O/c18-12-8-9-14-15(10-12)20(13-4-2-1-3-5-13)17(21)19-16(14)11-6-7-11/h1-5,8-11H,6-7H2. The van der Waals surface area contributed by atoms with Crippen molar-refractivity contribution >= 4 is 22.5 Å². The summed E-state index contributed by atoms with van der Waals surface area (Å²) in [5.74, 6) is 0.423. The quantitative estimate of drug-likeness (QED) is 0.718. The summed E-state index contributed by atoms with van der Waals surface area (Å²) in [5, 5.41) is 1.64. The van der Waals surface area contributed by atoms with Crippen molar-refractivity contribution in [1.82, 2.24) is 9.55 Å².